The molecular weight excluding hydrogens is 405 g/mol. The first-order valence-corrected chi connectivity index (χ1v) is 9.93. The Balaban J connectivity index is 1.69. The van der Waals surface area contributed by atoms with Crippen molar-refractivity contribution in [1.29, 1.82) is 0 Å². The van der Waals surface area contributed by atoms with Crippen LogP contribution < -0.4 is 9.47 Å². The molecular formula is C23H14FNO4S. The van der Waals surface area contributed by atoms with Gasteiger partial charge in [-0.2, -0.15) is 0 Å². The maximum Gasteiger partial charge on any atom is 0.364 e. The molecule has 5 rings (SSSR count). The van der Waals surface area contributed by atoms with Crippen LogP contribution in [0.1, 0.15) is 16.0 Å². The fourth-order valence-electron chi connectivity index (χ4n) is 3.22. The third kappa shape index (κ3) is 3.19. The van der Waals surface area contributed by atoms with E-state index >= 15 is 0 Å². The van der Waals surface area contributed by atoms with Crippen molar-refractivity contribution in [3.63, 3.8) is 0 Å². The fourth-order valence-corrected chi connectivity index (χ4v) is 3.90. The highest BCUT2D eigenvalue weighted by atomic mass is 32.1. The van der Waals surface area contributed by atoms with E-state index in [-0.39, 0.29) is 17.4 Å². The molecule has 3 heterocycles. The van der Waals surface area contributed by atoms with Crippen LogP contribution in [0.25, 0.3) is 11.3 Å². The molecule has 0 amide bonds. The molecule has 7 heteroatoms. The number of cyclic esters (lactones) is 1. The largest absolute Gasteiger partial charge is 0.497 e. The molecule has 0 bridgehead atoms. The van der Waals surface area contributed by atoms with E-state index in [1.54, 1.807) is 31.4 Å². The van der Waals surface area contributed by atoms with Gasteiger partial charge in [0.25, 0.3) is 0 Å². The second kappa shape index (κ2) is 7.27. The van der Waals surface area contributed by atoms with Crippen LogP contribution in [-0.2, 0) is 9.53 Å². The van der Waals surface area contributed by atoms with Crippen LogP contribution in [-0.4, -0.2) is 19.0 Å². The number of halogens is 1. The summed E-state index contributed by atoms with van der Waals surface area (Å²) in [6.07, 6.45) is 1.78. The summed E-state index contributed by atoms with van der Waals surface area (Å²) in [6.45, 7) is 0. The number of hydrogen-bond donors (Lipinski definition) is 0. The number of nitrogens with zero attached hydrogens (tertiary/aromatic N) is 1. The molecule has 0 atom stereocenters. The van der Waals surface area contributed by atoms with E-state index < -0.39 is 5.97 Å². The van der Waals surface area contributed by atoms with Gasteiger partial charge in [-0.15, -0.1) is 11.3 Å². The first-order valence-electron chi connectivity index (χ1n) is 9.05. The Morgan fingerprint density at radius 3 is 2.63 bits per heavy atom. The summed E-state index contributed by atoms with van der Waals surface area (Å²) in [6, 6.07) is 14.9. The highest BCUT2D eigenvalue weighted by Crippen LogP contribution is 2.42. The van der Waals surface area contributed by atoms with Gasteiger partial charge in [0.15, 0.2) is 5.70 Å². The first-order chi connectivity index (χ1) is 14.6. The normalized spacial score (nSPS) is 17.6. The molecule has 0 radical (unpaired) electrons. The van der Waals surface area contributed by atoms with E-state index in [0.717, 1.165) is 4.88 Å². The number of carbonyl (C=O) groups is 1. The molecule has 0 saturated heterocycles. The predicted octanol–water partition coefficient (Wildman–Crippen LogP) is 5.04. The molecule has 3 aromatic rings. The second-order valence-electron chi connectivity index (χ2n) is 6.53. The van der Waals surface area contributed by atoms with Crippen molar-refractivity contribution in [2.45, 2.75) is 0 Å². The second-order valence-corrected chi connectivity index (χ2v) is 7.47. The van der Waals surface area contributed by atoms with Gasteiger partial charge in [0.1, 0.15) is 23.1 Å². The Morgan fingerprint density at radius 1 is 1.07 bits per heavy atom. The van der Waals surface area contributed by atoms with Gasteiger partial charge in [-0.05, 0) is 60.0 Å². The Hall–Kier alpha value is -3.71. The zero-order chi connectivity index (χ0) is 20.7. The summed E-state index contributed by atoms with van der Waals surface area (Å²) < 4.78 is 30.0. The minimum Gasteiger partial charge on any atom is -0.497 e. The number of allylic oxidation sites excluding steroid dienone is 2. The monoisotopic (exact) mass is 419 g/mol. The summed E-state index contributed by atoms with van der Waals surface area (Å²) in [7, 11) is 1.57. The van der Waals surface area contributed by atoms with Gasteiger partial charge in [-0.3, -0.25) is 0 Å². The highest BCUT2D eigenvalue weighted by molar-refractivity contribution is 7.11. The fraction of sp³-hybridized carbons (Fsp3) is 0.0435. The lowest BCUT2D eigenvalue weighted by molar-refractivity contribution is -0.129. The van der Waals surface area contributed by atoms with E-state index in [1.807, 2.05) is 17.5 Å². The van der Waals surface area contributed by atoms with Gasteiger partial charge < -0.3 is 14.2 Å². The third-order valence-corrected chi connectivity index (χ3v) is 5.56. The molecule has 0 unspecified atom stereocenters. The molecule has 2 aliphatic heterocycles. The molecule has 0 N–H and O–H groups in total. The van der Waals surface area contributed by atoms with Crippen molar-refractivity contribution >= 4 is 34.5 Å². The van der Waals surface area contributed by atoms with Crippen LogP contribution in [0.5, 0.6) is 11.5 Å². The molecule has 0 aliphatic carbocycles. The van der Waals surface area contributed by atoms with Crippen molar-refractivity contribution in [1.82, 2.24) is 0 Å². The number of carbonyl (C=O) groups excluding carboxylic acids is 1. The molecule has 0 fully saturated rings. The zero-order valence-corrected chi connectivity index (χ0v) is 16.5. The van der Waals surface area contributed by atoms with Crippen LogP contribution in [0.15, 0.2) is 76.7 Å². The standard InChI is InChI=1S/C23H14FNO4S/c1-27-15-8-9-18-16(11-15)17(12-19(28-18)20-3-2-10-30-20)21-23(26)29-22(25-21)13-4-6-14(24)7-5-13/h2-12H,1H3. The molecule has 0 spiro atoms. The molecule has 148 valence electrons. The van der Waals surface area contributed by atoms with Gasteiger partial charge in [0.05, 0.1) is 12.0 Å². The average Bonchev–Trinajstić information content (AvgIpc) is 3.43. The highest BCUT2D eigenvalue weighted by Gasteiger charge is 2.31. The Bertz CT molecular complexity index is 1240. The Labute approximate surface area is 175 Å². The van der Waals surface area contributed by atoms with Gasteiger partial charge in [0, 0.05) is 16.7 Å². The summed E-state index contributed by atoms with van der Waals surface area (Å²) >= 11 is 1.53. The summed E-state index contributed by atoms with van der Waals surface area (Å²) in [5.74, 6) is 0.992. The zero-order valence-electron chi connectivity index (χ0n) is 15.7. The van der Waals surface area contributed by atoms with Crippen LogP contribution >= 0.6 is 11.3 Å². The minimum absolute atomic E-state index is 0.129. The Kier molecular flexibility index (Phi) is 4.44. The number of aliphatic imine (C=N–C) groups is 1. The molecule has 5 nitrogen and oxygen atoms in total. The van der Waals surface area contributed by atoms with E-state index in [9.17, 15) is 9.18 Å². The number of thiophene rings is 1. The maximum absolute atomic E-state index is 13.2. The van der Waals surface area contributed by atoms with Crippen molar-refractivity contribution in [2.75, 3.05) is 7.11 Å². The maximum atomic E-state index is 13.2. The summed E-state index contributed by atoms with van der Waals surface area (Å²) in [5, 5.41) is 1.95. The number of fused-ring (bicyclic) bond motifs is 1. The molecule has 2 aliphatic rings. The molecule has 2 aromatic carbocycles. The number of methoxy groups -OCH3 is 1. The number of hydrogen-bond acceptors (Lipinski definition) is 6. The number of rotatable bonds is 3. The number of benzene rings is 2. The summed E-state index contributed by atoms with van der Waals surface area (Å²) in [4.78, 5) is 18.1. The van der Waals surface area contributed by atoms with E-state index in [0.29, 0.717) is 34.0 Å². The van der Waals surface area contributed by atoms with Crippen LogP contribution in [0.2, 0.25) is 0 Å². The van der Waals surface area contributed by atoms with Crippen LogP contribution in [0, 0.1) is 5.82 Å². The molecule has 30 heavy (non-hydrogen) atoms. The first kappa shape index (κ1) is 18.3. The van der Waals surface area contributed by atoms with Gasteiger partial charge in [-0.25, -0.2) is 14.2 Å². The van der Waals surface area contributed by atoms with Crippen LogP contribution in [0.4, 0.5) is 4.39 Å². The molecule has 1 aromatic heterocycles. The van der Waals surface area contributed by atoms with Crippen LogP contribution in [0.3, 0.4) is 0 Å². The van der Waals surface area contributed by atoms with Crippen molar-refractivity contribution < 1.29 is 23.4 Å². The third-order valence-electron chi connectivity index (χ3n) is 4.68. The quantitative estimate of drug-likeness (QED) is 0.441. The smallest absolute Gasteiger partial charge is 0.364 e. The topological polar surface area (TPSA) is 57.1 Å². The lowest BCUT2D eigenvalue weighted by atomic mass is 9.98. The van der Waals surface area contributed by atoms with Gasteiger partial charge in [-0.1, -0.05) is 6.07 Å². The summed E-state index contributed by atoms with van der Waals surface area (Å²) in [5.41, 5.74) is 1.91. The predicted molar refractivity (Wildman–Crippen MR) is 112 cm³/mol. The van der Waals surface area contributed by atoms with E-state index in [1.165, 1.54) is 35.6 Å². The lowest BCUT2D eigenvalue weighted by Gasteiger charge is -2.20. The minimum atomic E-state index is -0.582. The van der Waals surface area contributed by atoms with Crippen molar-refractivity contribution in [3.05, 3.63) is 93.6 Å². The van der Waals surface area contributed by atoms with Crippen molar-refractivity contribution in [3.8, 4) is 11.5 Å². The average molecular weight is 419 g/mol. The van der Waals surface area contributed by atoms with E-state index in [4.69, 9.17) is 14.2 Å². The Morgan fingerprint density at radius 2 is 1.90 bits per heavy atom. The van der Waals surface area contributed by atoms with Gasteiger partial charge >= 0.3 is 5.97 Å². The SMILES string of the molecule is COc1ccc2c(c1)C(=C1N=C(c3ccc(F)cc3)OC1=O)C=C(c1cccs1)O2. The van der Waals surface area contributed by atoms with Gasteiger partial charge in [0.2, 0.25) is 5.90 Å². The molecule has 0 saturated carbocycles. The van der Waals surface area contributed by atoms with Crippen molar-refractivity contribution in [2.24, 2.45) is 4.99 Å². The number of ether oxygens (including phenoxy) is 3. The lowest BCUT2D eigenvalue weighted by Crippen LogP contribution is -2.08. The number of esters is 1. The van der Waals surface area contributed by atoms with E-state index in [2.05, 4.69) is 4.99 Å².